The van der Waals surface area contributed by atoms with Gasteiger partial charge in [0.15, 0.2) is 0 Å². The van der Waals surface area contributed by atoms with E-state index in [4.69, 9.17) is 0 Å². The van der Waals surface area contributed by atoms with Crippen LogP contribution in [-0.4, -0.2) is 23.2 Å². The Labute approximate surface area is 141 Å². The molecule has 0 unspecified atom stereocenters. The predicted octanol–water partition coefficient (Wildman–Crippen LogP) is 4.97. The summed E-state index contributed by atoms with van der Waals surface area (Å²) in [4.78, 5) is 9.08. The van der Waals surface area contributed by atoms with Crippen LogP contribution in [-0.2, 0) is 0 Å². The Hall–Kier alpha value is -1.68. The second-order valence-electron chi connectivity index (χ2n) is 7.48. The van der Waals surface area contributed by atoms with E-state index in [0.717, 1.165) is 5.69 Å². The van der Waals surface area contributed by atoms with Gasteiger partial charge in [0.25, 0.3) is 0 Å². The molecule has 3 rings (SSSR count). The Morgan fingerprint density at radius 1 is 0.913 bits per heavy atom. The standard InChI is InChI=1S/C20H24GeN2/c1-14(2)18-11-16(10-15-8-6-7-9-17(15)18)19-12-20(21(3,4)5)23-13-22-19/h6-14H,1-5H3. The van der Waals surface area contributed by atoms with Crippen molar-refractivity contribution in [2.45, 2.75) is 37.0 Å². The molecule has 0 radical (unpaired) electrons. The van der Waals surface area contributed by atoms with Crippen molar-refractivity contribution in [3.05, 3.63) is 54.4 Å². The van der Waals surface area contributed by atoms with E-state index in [-0.39, 0.29) is 0 Å². The first-order valence-electron chi connectivity index (χ1n) is 8.22. The summed E-state index contributed by atoms with van der Waals surface area (Å²) in [6.45, 7) is 4.50. The van der Waals surface area contributed by atoms with Crippen LogP contribution in [0, 0.1) is 0 Å². The quantitative estimate of drug-likeness (QED) is 0.613. The number of aromatic nitrogens is 2. The molecule has 0 aliphatic rings. The normalized spacial score (nSPS) is 12.1. The van der Waals surface area contributed by atoms with Gasteiger partial charge in [-0.25, -0.2) is 0 Å². The molecule has 0 saturated heterocycles. The molecule has 0 fully saturated rings. The van der Waals surface area contributed by atoms with Crippen molar-refractivity contribution in [2.75, 3.05) is 0 Å². The van der Waals surface area contributed by atoms with E-state index >= 15 is 0 Å². The van der Waals surface area contributed by atoms with E-state index in [1.807, 2.05) is 0 Å². The molecular weight excluding hydrogens is 341 g/mol. The van der Waals surface area contributed by atoms with Gasteiger partial charge in [-0.1, -0.05) is 0 Å². The monoisotopic (exact) mass is 366 g/mol. The van der Waals surface area contributed by atoms with Crippen LogP contribution in [0.15, 0.2) is 48.8 Å². The summed E-state index contributed by atoms with van der Waals surface area (Å²) in [6.07, 6.45) is 1.73. The van der Waals surface area contributed by atoms with Crippen LogP contribution in [0.1, 0.15) is 25.3 Å². The van der Waals surface area contributed by atoms with Crippen molar-refractivity contribution in [1.29, 1.82) is 0 Å². The topological polar surface area (TPSA) is 25.8 Å². The van der Waals surface area contributed by atoms with Crippen molar-refractivity contribution in [1.82, 2.24) is 9.97 Å². The fourth-order valence-corrected chi connectivity index (χ4v) is 5.02. The molecule has 0 aliphatic carbocycles. The fraction of sp³-hybridized carbons (Fsp3) is 0.300. The zero-order valence-electron chi connectivity index (χ0n) is 14.6. The molecule has 0 saturated carbocycles. The van der Waals surface area contributed by atoms with E-state index in [1.165, 1.54) is 26.4 Å². The van der Waals surface area contributed by atoms with Gasteiger partial charge in [0.05, 0.1) is 0 Å². The molecule has 3 heteroatoms. The number of hydrogen-bond acceptors (Lipinski definition) is 2. The van der Waals surface area contributed by atoms with Gasteiger partial charge < -0.3 is 0 Å². The van der Waals surface area contributed by atoms with Gasteiger partial charge in [-0.2, -0.15) is 0 Å². The maximum atomic E-state index is 4.55. The van der Waals surface area contributed by atoms with E-state index in [2.05, 4.69) is 83.5 Å². The third-order valence-electron chi connectivity index (χ3n) is 4.25. The number of fused-ring (bicyclic) bond motifs is 1. The zero-order valence-corrected chi connectivity index (χ0v) is 16.7. The SMILES string of the molecule is CC(C)c1cc(-c2c[c]([Ge]([CH3])([CH3])[CH3])ncn2)cc2ccccc12. The maximum absolute atomic E-state index is 4.55. The summed E-state index contributed by atoms with van der Waals surface area (Å²) in [7, 11) is 0. The first kappa shape index (κ1) is 16.2. The molecule has 23 heavy (non-hydrogen) atoms. The van der Waals surface area contributed by atoms with Gasteiger partial charge in [0.2, 0.25) is 0 Å². The van der Waals surface area contributed by atoms with Gasteiger partial charge in [-0.15, -0.1) is 0 Å². The Morgan fingerprint density at radius 3 is 2.35 bits per heavy atom. The number of hydrogen-bond donors (Lipinski definition) is 0. The minimum absolute atomic E-state index is 0.487. The van der Waals surface area contributed by atoms with Crippen molar-refractivity contribution in [3.8, 4) is 11.3 Å². The Bertz CT molecular complexity index is 848. The minimum atomic E-state index is -1.95. The van der Waals surface area contributed by atoms with Crippen molar-refractivity contribution in [2.24, 2.45) is 0 Å². The Morgan fingerprint density at radius 2 is 1.65 bits per heavy atom. The number of benzene rings is 2. The van der Waals surface area contributed by atoms with Crippen LogP contribution < -0.4 is 4.53 Å². The van der Waals surface area contributed by atoms with Gasteiger partial charge >= 0.3 is 141 Å². The van der Waals surface area contributed by atoms with Crippen LogP contribution in [0.4, 0.5) is 0 Å². The average Bonchev–Trinajstić information content (AvgIpc) is 2.53. The summed E-state index contributed by atoms with van der Waals surface area (Å²) in [5.74, 6) is 7.59. The average molecular weight is 365 g/mol. The Balaban J connectivity index is 2.21. The first-order valence-corrected chi connectivity index (χ1v) is 15.6. The summed E-state index contributed by atoms with van der Waals surface area (Å²) in [5, 5.41) is 2.63. The Kier molecular flexibility index (Phi) is 4.28. The molecule has 0 amide bonds. The fourth-order valence-electron chi connectivity index (χ4n) is 2.89. The van der Waals surface area contributed by atoms with Gasteiger partial charge in [0, 0.05) is 0 Å². The van der Waals surface area contributed by atoms with Crippen LogP contribution in [0.3, 0.4) is 0 Å². The van der Waals surface area contributed by atoms with Crippen LogP contribution in [0.5, 0.6) is 0 Å². The summed E-state index contributed by atoms with van der Waals surface area (Å²) in [5.41, 5.74) is 3.63. The molecular formula is C20H24GeN2. The molecule has 0 bridgehead atoms. The van der Waals surface area contributed by atoms with E-state index in [9.17, 15) is 0 Å². The summed E-state index contributed by atoms with van der Waals surface area (Å²) >= 11 is -1.95. The predicted molar refractivity (Wildman–Crippen MR) is 102 cm³/mol. The molecule has 118 valence electrons. The van der Waals surface area contributed by atoms with E-state index in [0.29, 0.717) is 5.92 Å². The van der Waals surface area contributed by atoms with Crippen molar-refractivity contribution in [3.63, 3.8) is 0 Å². The molecule has 1 aromatic heterocycles. The van der Waals surface area contributed by atoms with Crippen LogP contribution >= 0.6 is 0 Å². The van der Waals surface area contributed by atoms with E-state index in [1.54, 1.807) is 6.33 Å². The molecule has 2 nitrogen and oxygen atoms in total. The third kappa shape index (κ3) is 3.32. The van der Waals surface area contributed by atoms with Crippen molar-refractivity contribution >= 4 is 28.6 Å². The number of nitrogens with zero attached hydrogens (tertiary/aromatic N) is 2. The molecule has 0 atom stereocenters. The summed E-state index contributed by atoms with van der Waals surface area (Å²) in [6, 6.07) is 15.4. The number of rotatable bonds is 3. The first-order chi connectivity index (χ1) is 10.9. The molecule has 0 N–H and O–H groups in total. The molecule has 2 aromatic carbocycles. The van der Waals surface area contributed by atoms with Gasteiger partial charge in [0.1, 0.15) is 0 Å². The molecule has 3 aromatic rings. The van der Waals surface area contributed by atoms with Gasteiger partial charge in [-0.05, 0) is 0 Å². The third-order valence-corrected chi connectivity index (χ3v) is 8.05. The molecule has 0 aliphatic heterocycles. The summed E-state index contributed by atoms with van der Waals surface area (Å²) < 4.78 is 1.26. The second-order valence-corrected chi connectivity index (χ2v) is 18.0. The zero-order chi connectivity index (χ0) is 16.6. The second kappa shape index (κ2) is 6.08. The van der Waals surface area contributed by atoms with E-state index < -0.39 is 13.3 Å². The molecule has 0 spiro atoms. The van der Waals surface area contributed by atoms with Crippen LogP contribution in [0.25, 0.3) is 22.0 Å². The van der Waals surface area contributed by atoms with Gasteiger partial charge in [-0.3, -0.25) is 0 Å². The molecule has 1 heterocycles. The van der Waals surface area contributed by atoms with Crippen LogP contribution in [0.2, 0.25) is 17.3 Å². The van der Waals surface area contributed by atoms with Crippen molar-refractivity contribution < 1.29 is 0 Å².